The Morgan fingerprint density at radius 3 is 2.38 bits per heavy atom. The second-order valence-electron chi connectivity index (χ2n) is 5.17. The van der Waals surface area contributed by atoms with Gasteiger partial charge in [-0.2, -0.15) is 5.06 Å². The van der Waals surface area contributed by atoms with Crippen LogP contribution in [-0.2, 0) is 16.1 Å². The number of benzene rings is 1. The van der Waals surface area contributed by atoms with E-state index in [0.717, 1.165) is 27.5 Å². The Morgan fingerprint density at radius 1 is 1.17 bits per heavy atom. The molecular formula is C17H21BrN2O3S. The third-order valence-corrected chi connectivity index (χ3v) is 4.93. The van der Waals surface area contributed by atoms with Gasteiger partial charge < -0.3 is 9.64 Å². The quantitative estimate of drug-likeness (QED) is 0.595. The minimum absolute atomic E-state index is 0.371. The Hall–Kier alpha value is -1.57. The predicted molar refractivity (Wildman–Crippen MR) is 102 cm³/mol. The van der Waals surface area contributed by atoms with Crippen molar-refractivity contribution in [1.29, 1.82) is 0 Å². The largest absolute Gasteiger partial charge is 0.448 e. The lowest BCUT2D eigenvalue weighted by Crippen LogP contribution is -2.30. The molecule has 0 aliphatic rings. The van der Waals surface area contributed by atoms with Crippen molar-refractivity contribution in [3.8, 4) is 0 Å². The lowest BCUT2D eigenvalue weighted by Gasteiger charge is -2.22. The molecule has 0 bridgehead atoms. The van der Waals surface area contributed by atoms with Crippen LogP contribution in [0.15, 0.2) is 40.2 Å². The van der Waals surface area contributed by atoms with Gasteiger partial charge in [0.15, 0.2) is 0 Å². The van der Waals surface area contributed by atoms with Crippen LogP contribution in [0.1, 0.15) is 18.2 Å². The van der Waals surface area contributed by atoms with Gasteiger partial charge in [0.05, 0.1) is 29.7 Å². The van der Waals surface area contributed by atoms with Crippen molar-refractivity contribution in [3.05, 3.63) is 45.1 Å². The van der Waals surface area contributed by atoms with E-state index in [2.05, 4.69) is 33.0 Å². The fraction of sp³-hybridized carbons (Fsp3) is 0.353. The van der Waals surface area contributed by atoms with E-state index in [0.29, 0.717) is 12.3 Å². The van der Waals surface area contributed by atoms with Crippen molar-refractivity contribution < 1.29 is 14.4 Å². The number of carbonyl (C=O) groups excluding carboxylic acids is 1. The average Bonchev–Trinajstić information content (AvgIpc) is 2.99. The lowest BCUT2D eigenvalue weighted by molar-refractivity contribution is 0.100. The third-order valence-electron chi connectivity index (χ3n) is 3.32. The number of nitrogens with zero attached hydrogens (tertiary/aromatic N) is 2. The van der Waals surface area contributed by atoms with Gasteiger partial charge in [-0.25, -0.2) is 4.79 Å². The molecule has 2 aromatic rings. The van der Waals surface area contributed by atoms with Crippen LogP contribution < -0.4 is 9.96 Å². The van der Waals surface area contributed by atoms with E-state index in [1.807, 2.05) is 38.2 Å². The number of amides is 1. The summed E-state index contributed by atoms with van der Waals surface area (Å²) < 4.78 is 6.23. The topological polar surface area (TPSA) is 42.0 Å². The molecule has 1 aromatic heterocycles. The summed E-state index contributed by atoms with van der Waals surface area (Å²) in [6, 6.07) is 11.7. The van der Waals surface area contributed by atoms with Gasteiger partial charge in [0, 0.05) is 17.6 Å². The first-order valence-corrected chi connectivity index (χ1v) is 9.22. The molecule has 5 nitrogen and oxygen atoms in total. The summed E-state index contributed by atoms with van der Waals surface area (Å²) in [5.74, 6) is 0. The van der Waals surface area contributed by atoms with E-state index in [1.165, 1.54) is 12.0 Å². The Bertz CT molecular complexity index is 660. The van der Waals surface area contributed by atoms with Crippen LogP contribution in [0.4, 0.5) is 16.2 Å². The van der Waals surface area contributed by atoms with Gasteiger partial charge in [-0.3, -0.25) is 4.84 Å². The van der Waals surface area contributed by atoms with E-state index in [1.54, 1.807) is 11.3 Å². The van der Waals surface area contributed by atoms with Crippen LogP contribution in [0.5, 0.6) is 0 Å². The predicted octanol–water partition coefficient (Wildman–Crippen LogP) is 5.06. The standard InChI is InChI=1S/C17H21BrN2O3S/c1-4-11-23-17(21)20(22-3)14-7-5-13(6-8-14)19(2)12-15-9-10-16(18)24-15/h5-10H,4,11-12H2,1-3H3. The molecule has 1 amide bonds. The number of hydroxylamine groups is 1. The molecule has 0 unspecified atom stereocenters. The first kappa shape index (κ1) is 18.8. The fourth-order valence-corrected chi connectivity index (χ4v) is 3.67. The summed E-state index contributed by atoms with van der Waals surface area (Å²) in [6.45, 7) is 3.14. The van der Waals surface area contributed by atoms with Gasteiger partial charge >= 0.3 is 6.09 Å². The minimum Gasteiger partial charge on any atom is -0.448 e. The number of carbonyl (C=O) groups is 1. The Labute approximate surface area is 154 Å². The van der Waals surface area contributed by atoms with Crippen LogP contribution in [0.3, 0.4) is 0 Å². The van der Waals surface area contributed by atoms with E-state index in [4.69, 9.17) is 9.57 Å². The van der Waals surface area contributed by atoms with Crippen LogP contribution in [0, 0.1) is 0 Å². The Balaban J connectivity index is 2.04. The number of hydrogen-bond donors (Lipinski definition) is 0. The highest BCUT2D eigenvalue weighted by molar-refractivity contribution is 9.11. The van der Waals surface area contributed by atoms with Crippen molar-refractivity contribution in [3.63, 3.8) is 0 Å². The first-order chi connectivity index (χ1) is 11.5. The van der Waals surface area contributed by atoms with Gasteiger partial charge in [-0.1, -0.05) is 6.92 Å². The second kappa shape index (κ2) is 9.05. The number of thiophene rings is 1. The number of anilines is 2. The van der Waals surface area contributed by atoms with E-state index >= 15 is 0 Å². The van der Waals surface area contributed by atoms with Gasteiger partial charge in [-0.15, -0.1) is 11.3 Å². The van der Waals surface area contributed by atoms with Gasteiger partial charge in [0.2, 0.25) is 0 Å². The van der Waals surface area contributed by atoms with Crippen molar-refractivity contribution in [1.82, 2.24) is 0 Å². The van der Waals surface area contributed by atoms with Crippen LogP contribution in [0.25, 0.3) is 0 Å². The molecule has 1 heterocycles. The van der Waals surface area contributed by atoms with E-state index < -0.39 is 6.09 Å². The van der Waals surface area contributed by atoms with Crippen molar-refractivity contribution >= 4 is 44.7 Å². The summed E-state index contributed by atoms with van der Waals surface area (Å²) in [4.78, 5) is 20.5. The average molecular weight is 413 g/mol. The molecule has 0 aliphatic heterocycles. The number of rotatable bonds is 7. The normalized spacial score (nSPS) is 10.5. The van der Waals surface area contributed by atoms with E-state index in [9.17, 15) is 4.79 Å². The molecule has 0 saturated heterocycles. The number of halogens is 1. The van der Waals surface area contributed by atoms with Crippen molar-refractivity contribution in [2.24, 2.45) is 0 Å². The maximum atomic E-state index is 12.0. The van der Waals surface area contributed by atoms with Crippen molar-refractivity contribution in [2.45, 2.75) is 19.9 Å². The maximum absolute atomic E-state index is 12.0. The molecular weight excluding hydrogens is 392 g/mol. The zero-order valence-electron chi connectivity index (χ0n) is 14.0. The summed E-state index contributed by atoms with van der Waals surface area (Å²) in [5.41, 5.74) is 1.69. The molecule has 2 rings (SSSR count). The third kappa shape index (κ3) is 4.96. The highest BCUT2D eigenvalue weighted by atomic mass is 79.9. The van der Waals surface area contributed by atoms with Gasteiger partial charge in [-0.05, 0) is 58.7 Å². The molecule has 0 N–H and O–H groups in total. The zero-order chi connectivity index (χ0) is 17.5. The van der Waals surface area contributed by atoms with Crippen LogP contribution >= 0.6 is 27.3 Å². The molecule has 24 heavy (non-hydrogen) atoms. The summed E-state index contributed by atoms with van der Waals surface area (Å²) in [6.07, 6.45) is 0.259. The minimum atomic E-state index is -0.510. The van der Waals surface area contributed by atoms with Crippen LogP contribution in [0.2, 0.25) is 0 Å². The molecule has 0 fully saturated rings. The second-order valence-corrected chi connectivity index (χ2v) is 7.72. The number of hydrogen-bond acceptors (Lipinski definition) is 5. The molecule has 0 aliphatic carbocycles. The first-order valence-electron chi connectivity index (χ1n) is 7.61. The van der Waals surface area contributed by atoms with E-state index in [-0.39, 0.29) is 0 Å². The maximum Gasteiger partial charge on any atom is 0.438 e. The molecule has 130 valence electrons. The summed E-state index contributed by atoms with van der Waals surface area (Å²) in [7, 11) is 3.48. The SMILES string of the molecule is CCCOC(=O)N(OC)c1ccc(N(C)Cc2ccc(Br)s2)cc1. The Kier molecular flexibility index (Phi) is 7.08. The molecule has 0 saturated carbocycles. The Morgan fingerprint density at radius 2 is 1.83 bits per heavy atom. The van der Waals surface area contributed by atoms with Gasteiger partial charge in [0.1, 0.15) is 0 Å². The molecule has 1 aromatic carbocycles. The fourth-order valence-electron chi connectivity index (χ4n) is 2.14. The smallest absolute Gasteiger partial charge is 0.438 e. The summed E-state index contributed by atoms with van der Waals surface area (Å²) >= 11 is 5.20. The van der Waals surface area contributed by atoms with Gasteiger partial charge in [0.25, 0.3) is 0 Å². The molecule has 0 radical (unpaired) electrons. The zero-order valence-corrected chi connectivity index (χ0v) is 16.4. The summed E-state index contributed by atoms with van der Waals surface area (Å²) in [5, 5.41) is 1.15. The van der Waals surface area contributed by atoms with Crippen LogP contribution in [-0.4, -0.2) is 26.9 Å². The monoisotopic (exact) mass is 412 g/mol. The molecule has 0 atom stereocenters. The highest BCUT2D eigenvalue weighted by Crippen LogP contribution is 2.26. The molecule has 0 spiro atoms. The lowest BCUT2D eigenvalue weighted by atomic mass is 10.2. The molecule has 7 heteroatoms. The highest BCUT2D eigenvalue weighted by Gasteiger charge is 2.17. The van der Waals surface area contributed by atoms with Crippen molar-refractivity contribution in [2.75, 3.05) is 30.7 Å². The number of ether oxygens (including phenoxy) is 1.